The van der Waals surface area contributed by atoms with Crippen LogP contribution < -0.4 is 10.5 Å². The van der Waals surface area contributed by atoms with Crippen molar-refractivity contribution in [1.82, 2.24) is 0 Å². The van der Waals surface area contributed by atoms with E-state index in [2.05, 4.69) is 26.0 Å². The van der Waals surface area contributed by atoms with Crippen LogP contribution in [0.4, 0.5) is 0 Å². The summed E-state index contributed by atoms with van der Waals surface area (Å²) in [5.74, 6) is 0.932. The van der Waals surface area contributed by atoms with Crippen molar-refractivity contribution >= 4 is 12.4 Å². The number of nitrogens with two attached hydrogens (primary N) is 1. The second-order valence-corrected chi connectivity index (χ2v) is 3.98. The van der Waals surface area contributed by atoms with Gasteiger partial charge in [-0.2, -0.15) is 0 Å². The molecule has 0 fully saturated rings. The van der Waals surface area contributed by atoms with Gasteiger partial charge in [-0.25, -0.2) is 0 Å². The summed E-state index contributed by atoms with van der Waals surface area (Å²) in [6.45, 7) is 4.24. The normalized spacial score (nSPS) is 11.8. The molecule has 0 heterocycles. The Bertz CT molecular complexity index is 315. The van der Waals surface area contributed by atoms with Gasteiger partial charge in [0.15, 0.2) is 0 Å². The number of hydrogen-bond donors (Lipinski definition) is 1. The molecule has 3 heteroatoms. The van der Waals surface area contributed by atoms with Gasteiger partial charge in [-0.1, -0.05) is 31.9 Å². The van der Waals surface area contributed by atoms with Gasteiger partial charge in [0.25, 0.3) is 0 Å². The van der Waals surface area contributed by atoms with Gasteiger partial charge in [0.05, 0.1) is 7.11 Å². The zero-order valence-corrected chi connectivity index (χ0v) is 11.1. The Labute approximate surface area is 105 Å². The Balaban J connectivity index is 0.00000225. The van der Waals surface area contributed by atoms with Crippen LogP contribution in [0.15, 0.2) is 18.2 Å². The molecule has 16 heavy (non-hydrogen) atoms. The monoisotopic (exact) mass is 243 g/mol. The quantitative estimate of drug-likeness (QED) is 0.858. The number of aryl methyl sites for hydroxylation is 1. The Hall–Kier alpha value is -0.730. The molecule has 0 saturated heterocycles. The molecule has 0 saturated carbocycles. The average molecular weight is 244 g/mol. The molecule has 0 aromatic heterocycles. The molecule has 1 rings (SSSR count). The molecule has 1 aromatic carbocycles. The first-order chi connectivity index (χ1) is 7.19. The van der Waals surface area contributed by atoms with Crippen molar-refractivity contribution in [2.45, 2.75) is 39.2 Å². The minimum Gasteiger partial charge on any atom is -0.496 e. The average Bonchev–Trinajstić information content (AvgIpc) is 2.25. The van der Waals surface area contributed by atoms with E-state index in [4.69, 9.17) is 10.5 Å². The van der Waals surface area contributed by atoms with E-state index in [1.165, 1.54) is 18.4 Å². The Morgan fingerprint density at radius 1 is 1.38 bits per heavy atom. The van der Waals surface area contributed by atoms with Gasteiger partial charge in [-0.15, -0.1) is 12.4 Å². The zero-order valence-electron chi connectivity index (χ0n) is 10.3. The van der Waals surface area contributed by atoms with Crippen molar-refractivity contribution in [2.75, 3.05) is 7.11 Å². The smallest absolute Gasteiger partial charge is 0.121 e. The molecule has 0 radical (unpaired) electrons. The van der Waals surface area contributed by atoms with Crippen LogP contribution in [0.25, 0.3) is 0 Å². The number of benzene rings is 1. The molecule has 0 aliphatic heterocycles. The van der Waals surface area contributed by atoms with E-state index in [1.807, 2.05) is 6.07 Å². The third kappa shape index (κ3) is 4.03. The van der Waals surface area contributed by atoms with Crippen LogP contribution in [-0.4, -0.2) is 7.11 Å². The fraction of sp³-hybridized carbons (Fsp3) is 0.538. The van der Waals surface area contributed by atoms with E-state index in [1.54, 1.807) is 7.11 Å². The summed E-state index contributed by atoms with van der Waals surface area (Å²) in [7, 11) is 1.69. The van der Waals surface area contributed by atoms with E-state index in [-0.39, 0.29) is 18.4 Å². The number of unbranched alkanes of at least 4 members (excludes halogenated alkanes) is 1. The van der Waals surface area contributed by atoms with E-state index in [0.717, 1.165) is 17.7 Å². The molecule has 0 bridgehead atoms. The van der Waals surface area contributed by atoms with Crippen molar-refractivity contribution in [2.24, 2.45) is 5.73 Å². The maximum absolute atomic E-state index is 6.10. The van der Waals surface area contributed by atoms with Gasteiger partial charge >= 0.3 is 0 Å². The Kier molecular flexibility index (Phi) is 7.18. The van der Waals surface area contributed by atoms with Crippen molar-refractivity contribution in [3.63, 3.8) is 0 Å². The van der Waals surface area contributed by atoms with E-state index in [0.29, 0.717) is 0 Å². The number of halogens is 1. The molecular weight excluding hydrogens is 222 g/mol. The highest BCUT2D eigenvalue weighted by Gasteiger charge is 2.07. The first-order valence-corrected chi connectivity index (χ1v) is 5.59. The lowest BCUT2D eigenvalue weighted by Gasteiger charge is -2.13. The van der Waals surface area contributed by atoms with E-state index in [9.17, 15) is 0 Å². The standard InChI is InChI=1S/C13H21NO.ClH/c1-4-5-6-12(14)11-7-8-13(15-3)10(2)9-11;/h7-9,12H,4-6,14H2,1-3H3;1H/t12-;/m0./s1. The summed E-state index contributed by atoms with van der Waals surface area (Å²) in [5.41, 5.74) is 8.47. The SMILES string of the molecule is CCCC[C@H](N)c1ccc(OC)c(C)c1.Cl. The van der Waals surface area contributed by atoms with Crippen molar-refractivity contribution in [3.8, 4) is 5.75 Å². The first kappa shape index (κ1) is 15.3. The zero-order chi connectivity index (χ0) is 11.3. The lowest BCUT2D eigenvalue weighted by atomic mass is 10.00. The molecule has 2 N–H and O–H groups in total. The molecule has 1 aromatic rings. The largest absolute Gasteiger partial charge is 0.496 e. The molecular formula is C13H22ClNO. The van der Waals surface area contributed by atoms with Crippen LogP contribution in [0.5, 0.6) is 5.75 Å². The third-order valence-corrected chi connectivity index (χ3v) is 2.72. The fourth-order valence-corrected chi connectivity index (χ4v) is 1.72. The molecule has 92 valence electrons. The number of methoxy groups -OCH3 is 1. The van der Waals surface area contributed by atoms with Crippen molar-refractivity contribution in [1.29, 1.82) is 0 Å². The summed E-state index contributed by atoms with van der Waals surface area (Å²) < 4.78 is 5.22. The second kappa shape index (κ2) is 7.53. The lowest BCUT2D eigenvalue weighted by Crippen LogP contribution is -2.10. The second-order valence-electron chi connectivity index (χ2n) is 3.98. The minimum absolute atomic E-state index is 0. The molecule has 1 atom stereocenters. The fourth-order valence-electron chi connectivity index (χ4n) is 1.72. The number of rotatable bonds is 5. The van der Waals surface area contributed by atoms with Crippen LogP contribution in [0.3, 0.4) is 0 Å². The Morgan fingerprint density at radius 3 is 2.56 bits per heavy atom. The summed E-state index contributed by atoms with van der Waals surface area (Å²) >= 11 is 0. The lowest BCUT2D eigenvalue weighted by molar-refractivity contribution is 0.411. The van der Waals surface area contributed by atoms with Gasteiger partial charge < -0.3 is 10.5 Å². The van der Waals surface area contributed by atoms with Crippen LogP contribution in [0.1, 0.15) is 43.4 Å². The molecule has 0 spiro atoms. The van der Waals surface area contributed by atoms with E-state index >= 15 is 0 Å². The third-order valence-electron chi connectivity index (χ3n) is 2.72. The highest BCUT2D eigenvalue weighted by Crippen LogP contribution is 2.23. The van der Waals surface area contributed by atoms with Crippen LogP contribution in [-0.2, 0) is 0 Å². The molecule has 0 amide bonds. The van der Waals surface area contributed by atoms with Gasteiger partial charge in [-0.05, 0) is 30.5 Å². The van der Waals surface area contributed by atoms with Crippen molar-refractivity contribution in [3.05, 3.63) is 29.3 Å². The molecule has 2 nitrogen and oxygen atoms in total. The predicted octanol–water partition coefficient (Wildman–Crippen LogP) is 3.62. The van der Waals surface area contributed by atoms with Gasteiger partial charge in [0.2, 0.25) is 0 Å². The predicted molar refractivity (Wildman–Crippen MR) is 71.4 cm³/mol. The molecule has 0 aliphatic rings. The van der Waals surface area contributed by atoms with E-state index < -0.39 is 0 Å². The topological polar surface area (TPSA) is 35.2 Å². The first-order valence-electron chi connectivity index (χ1n) is 5.59. The number of ether oxygens (including phenoxy) is 1. The molecule has 0 aliphatic carbocycles. The van der Waals surface area contributed by atoms with Crippen LogP contribution in [0, 0.1) is 6.92 Å². The number of hydrogen-bond acceptors (Lipinski definition) is 2. The summed E-state index contributed by atoms with van der Waals surface area (Å²) in [4.78, 5) is 0. The summed E-state index contributed by atoms with van der Waals surface area (Å²) in [5, 5.41) is 0. The van der Waals surface area contributed by atoms with Crippen LogP contribution >= 0.6 is 12.4 Å². The minimum atomic E-state index is 0. The maximum atomic E-state index is 6.10. The highest BCUT2D eigenvalue weighted by molar-refractivity contribution is 5.85. The maximum Gasteiger partial charge on any atom is 0.121 e. The summed E-state index contributed by atoms with van der Waals surface area (Å²) in [6, 6.07) is 6.34. The van der Waals surface area contributed by atoms with Crippen molar-refractivity contribution < 1.29 is 4.74 Å². The summed E-state index contributed by atoms with van der Waals surface area (Å²) in [6.07, 6.45) is 3.44. The van der Waals surface area contributed by atoms with Crippen LogP contribution in [0.2, 0.25) is 0 Å². The van der Waals surface area contributed by atoms with Gasteiger partial charge in [0, 0.05) is 6.04 Å². The van der Waals surface area contributed by atoms with Gasteiger partial charge in [0.1, 0.15) is 5.75 Å². The highest BCUT2D eigenvalue weighted by atomic mass is 35.5. The Morgan fingerprint density at radius 2 is 2.06 bits per heavy atom. The molecule has 0 unspecified atom stereocenters. The van der Waals surface area contributed by atoms with Gasteiger partial charge in [-0.3, -0.25) is 0 Å².